The van der Waals surface area contributed by atoms with E-state index in [1.165, 1.54) is 31.9 Å². The van der Waals surface area contributed by atoms with Crippen molar-refractivity contribution in [1.82, 2.24) is 4.98 Å². The van der Waals surface area contributed by atoms with Gasteiger partial charge in [0.1, 0.15) is 11.9 Å². The summed E-state index contributed by atoms with van der Waals surface area (Å²) in [7, 11) is 0. The first-order chi connectivity index (χ1) is 8.75. The van der Waals surface area contributed by atoms with Gasteiger partial charge in [0.15, 0.2) is 0 Å². The van der Waals surface area contributed by atoms with E-state index in [-0.39, 0.29) is 5.82 Å². The number of hydrogen-bond donors (Lipinski definition) is 1. The van der Waals surface area contributed by atoms with Crippen LogP contribution in [-0.4, -0.2) is 16.5 Å². The van der Waals surface area contributed by atoms with Crippen LogP contribution in [0.25, 0.3) is 0 Å². The second-order valence-electron chi connectivity index (χ2n) is 5.35. The van der Waals surface area contributed by atoms with Crippen LogP contribution < -0.4 is 5.32 Å². The summed E-state index contributed by atoms with van der Waals surface area (Å²) in [6, 6.07) is 3.47. The Bertz CT molecular complexity index is 443. The minimum atomic E-state index is -0.425. The van der Waals surface area contributed by atoms with Crippen LogP contribution in [0.5, 0.6) is 0 Å². The van der Waals surface area contributed by atoms with Crippen LogP contribution in [0, 0.1) is 27.9 Å². The van der Waals surface area contributed by atoms with E-state index in [0.29, 0.717) is 11.6 Å². The summed E-state index contributed by atoms with van der Waals surface area (Å²) in [5.41, 5.74) is 0.550. The molecule has 2 fully saturated rings. The highest BCUT2D eigenvalue weighted by molar-refractivity contribution is 5.56. The molecule has 96 valence electrons. The van der Waals surface area contributed by atoms with Crippen molar-refractivity contribution in [1.29, 1.82) is 0 Å². The molecule has 18 heavy (non-hydrogen) atoms. The van der Waals surface area contributed by atoms with Crippen LogP contribution in [0.4, 0.5) is 11.5 Å². The minimum absolute atomic E-state index is 0.0668. The second kappa shape index (κ2) is 4.55. The van der Waals surface area contributed by atoms with Gasteiger partial charge in [0.25, 0.3) is 0 Å². The molecule has 0 amide bonds. The standard InChI is InChI=1S/C13H17N3O2/c17-16(18)13-12(2-1-7-14-13)15-8-11(9-3-4-9)10-5-6-10/h1-2,7,9-11,15H,3-6,8H2. The first-order valence-corrected chi connectivity index (χ1v) is 6.59. The summed E-state index contributed by atoms with van der Waals surface area (Å²) in [6.07, 6.45) is 6.79. The molecule has 0 saturated heterocycles. The Morgan fingerprint density at radius 3 is 2.61 bits per heavy atom. The number of aromatic nitrogens is 1. The van der Waals surface area contributed by atoms with Gasteiger partial charge in [0.05, 0.1) is 0 Å². The lowest BCUT2D eigenvalue weighted by atomic mass is 9.98. The van der Waals surface area contributed by atoms with Crippen LogP contribution in [0.3, 0.4) is 0 Å². The highest BCUT2D eigenvalue weighted by Gasteiger charge is 2.41. The molecule has 0 unspecified atom stereocenters. The topological polar surface area (TPSA) is 68.1 Å². The molecule has 2 aliphatic rings. The molecule has 0 aliphatic heterocycles. The maximum Gasteiger partial charge on any atom is 0.386 e. The van der Waals surface area contributed by atoms with Crippen LogP contribution >= 0.6 is 0 Å². The molecule has 0 radical (unpaired) electrons. The van der Waals surface area contributed by atoms with Gasteiger partial charge in [-0.05, 0) is 65.5 Å². The van der Waals surface area contributed by atoms with Crippen LogP contribution in [0.15, 0.2) is 18.3 Å². The second-order valence-corrected chi connectivity index (χ2v) is 5.35. The Morgan fingerprint density at radius 2 is 2.06 bits per heavy atom. The van der Waals surface area contributed by atoms with Gasteiger partial charge in [-0.3, -0.25) is 0 Å². The maximum atomic E-state index is 10.9. The zero-order valence-corrected chi connectivity index (χ0v) is 10.2. The molecule has 0 bridgehead atoms. The first kappa shape index (κ1) is 11.4. The van der Waals surface area contributed by atoms with Crippen molar-refractivity contribution >= 4 is 11.5 Å². The van der Waals surface area contributed by atoms with Gasteiger partial charge in [0, 0.05) is 6.54 Å². The number of nitro groups is 1. The monoisotopic (exact) mass is 247 g/mol. The van der Waals surface area contributed by atoms with Gasteiger partial charge < -0.3 is 15.4 Å². The quantitative estimate of drug-likeness (QED) is 0.620. The third-order valence-corrected chi connectivity index (χ3v) is 3.94. The molecule has 0 spiro atoms. The van der Waals surface area contributed by atoms with Gasteiger partial charge in [-0.2, -0.15) is 0 Å². The summed E-state index contributed by atoms with van der Waals surface area (Å²) in [5.74, 6) is 2.33. The average molecular weight is 247 g/mol. The zero-order chi connectivity index (χ0) is 12.5. The Balaban J connectivity index is 1.66. The molecule has 2 saturated carbocycles. The molecule has 1 heterocycles. The number of hydrogen-bond acceptors (Lipinski definition) is 4. The third-order valence-electron chi connectivity index (χ3n) is 3.94. The molecule has 1 N–H and O–H groups in total. The molecule has 0 atom stereocenters. The predicted molar refractivity (Wildman–Crippen MR) is 68.3 cm³/mol. The molecular formula is C13H17N3O2. The van der Waals surface area contributed by atoms with Crippen molar-refractivity contribution in [2.24, 2.45) is 17.8 Å². The number of pyridine rings is 1. The van der Waals surface area contributed by atoms with Crippen LogP contribution in [0.1, 0.15) is 25.7 Å². The Kier molecular flexibility index (Phi) is 2.89. The van der Waals surface area contributed by atoms with E-state index >= 15 is 0 Å². The first-order valence-electron chi connectivity index (χ1n) is 6.59. The largest absolute Gasteiger partial charge is 0.386 e. The van der Waals surface area contributed by atoms with Gasteiger partial charge in [0.2, 0.25) is 0 Å². The summed E-state index contributed by atoms with van der Waals surface area (Å²) < 4.78 is 0. The van der Waals surface area contributed by atoms with E-state index in [9.17, 15) is 10.1 Å². The molecular weight excluding hydrogens is 230 g/mol. The lowest BCUT2D eigenvalue weighted by molar-refractivity contribution is -0.388. The summed E-state index contributed by atoms with van der Waals surface area (Å²) >= 11 is 0. The minimum Gasteiger partial charge on any atom is -0.378 e. The van der Waals surface area contributed by atoms with Crippen LogP contribution in [0.2, 0.25) is 0 Å². The average Bonchev–Trinajstić information content (AvgIpc) is 3.24. The molecule has 0 aromatic carbocycles. The van der Waals surface area contributed by atoms with Crippen molar-refractivity contribution in [3.05, 3.63) is 28.4 Å². The van der Waals surface area contributed by atoms with Crippen LogP contribution in [-0.2, 0) is 0 Å². The lowest BCUT2D eigenvalue weighted by Crippen LogP contribution is -2.18. The number of anilines is 1. The highest BCUT2D eigenvalue weighted by atomic mass is 16.6. The molecule has 3 rings (SSSR count). The molecule has 1 aromatic rings. The Morgan fingerprint density at radius 1 is 1.39 bits per heavy atom. The van der Waals surface area contributed by atoms with E-state index in [4.69, 9.17) is 0 Å². The SMILES string of the molecule is O=[N+]([O-])c1ncccc1NCC(C1CC1)C1CC1. The summed E-state index contributed by atoms with van der Waals surface area (Å²) in [4.78, 5) is 14.3. The van der Waals surface area contributed by atoms with E-state index < -0.39 is 4.92 Å². The van der Waals surface area contributed by atoms with Crippen molar-refractivity contribution < 1.29 is 4.92 Å². The van der Waals surface area contributed by atoms with Gasteiger partial charge >= 0.3 is 5.82 Å². The zero-order valence-electron chi connectivity index (χ0n) is 10.2. The molecule has 5 nitrogen and oxygen atoms in total. The number of nitrogens with one attached hydrogen (secondary N) is 1. The van der Waals surface area contributed by atoms with E-state index in [0.717, 1.165) is 18.4 Å². The summed E-state index contributed by atoms with van der Waals surface area (Å²) in [5, 5.41) is 14.1. The maximum absolute atomic E-state index is 10.9. The summed E-state index contributed by atoms with van der Waals surface area (Å²) in [6.45, 7) is 0.849. The van der Waals surface area contributed by atoms with E-state index in [1.807, 2.05) is 0 Å². The van der Waals surface area contributed by atoms with Gasteiger partial charge in [-0.1, -0.05) is 0 Å². The third kappa shape index (κ3) is 2.44. The fourth-order valence-corrected chi connectivity index (χ4v) is 2.68. The normalized spacial score (nSPS) is 18.9. The van der Waals surface area contributed by atoms with E-state index in [2.05, 4.69) is 10.3 Å². The van der Waals surface area contributed by atoms with Crippen molar-refractivity contribution in [2.45, 2.75) is 25.7 Å². The fourth-order valence-electron chi connectivity index (χ4n) is 2.68. The van der Waals surface area contributed by atoms with Gasteiger partial charge in [-0.15, -0.1) is 0 Å². The Hall–Kier alpha value is -1.65. The highest BCUT2D eigenvalue weighted by Crippen LogP contribution is 2.49. The number of rotatable bonds is 6. The predicted octanol–water partition coefficient (Wildman–Crippen LogP) is 2.84. The molecule has 2 aliphatic carbocycles. The van der Waals surface area contributed by atoms with Crippen molar-refractivity contribution in [3.63, 3.8) is 0 Å². The number of nitrogens with zero attached hydrogens (tertiary/aromatic N) is 2. The fraction of sp³-hybridized carbons (Fsp3) is 0.615. The lowest BCUT2D eigenvalue weighted by Gasteiger charge is -2.16. The van der Waals surface area contributed by atoms with Crippen molar-refractivity contribution in [2.75, 3.05) is 11.9 Å². The molecule has 5 heteroatoms. The van der Waals surface area contributed by atoms with Crippen molar-refractivity contribution in [3.8, 4) is 0 Å². The van der Waals surface area contributed by atoms with E-state index in [1.54, 1.807) is 12.1 Å². The van der Waals surface area contributed by atoms with Gasteiger partial charge in [-0.25, -0.2) is 0 Å². The Labute approximate surface area is 106 Å². The molecule has 1 aromatic heterocycles. The smallest absolute Gasteiger partial charge is 0.378 e.